The molecule has 0 unspecified atom stereocenters. The van der Waals surface area contributed by atoms with E-state index in [0.717, 1.165) is 11.8 Å². The van der Waals surface area contributed by atoms with E-state index in [0.29, 0.717) is 30.4 Å². The molecule has 1 aliphatic rings. The molecule has 1 N–H and O–H groups in total. The summed E-state index contributed by atoms with van der Waals surface area (Å²) in [6, 6.07) is 4.34. The van der Waals surface area contributed by atoms with Crippen LogP contribution in [0.5, 0.6) is 0 Å². The van der Waals surface area contributed by atoms with E-state index in [1.807, 2.05) is 40.7 Å². The molecule has 0 aliphatic carbocycles. The number of piperazine rings is 1. The highest BCUT2D eigenvalue weighted by atomic mass is 19.1. The van der Waals surface area contributed by atoms with E-state index >= 15 is 0 Å². The van der Waals surface area contributed by atoms with Crippen LogP contribution in [0.3, 0.4) is 0 Å². The number of nitrogens with zero attached hydrogens (tertiary/aromatic N) is 6. The second-order valence-corrected chi connectivity index (χ2v) is 10.9. The minimum atomic E-state index is -0.681. The van der Waals surface area contributed by atoms with Crippen molar-refractivity contribution in [2.75, 3.05) is 23.3 Å². The third-order valence-corrected chi connectivity index (χ3v) is 6.62. The van der Waals surface area contributed by atoms with Crippen LogP contribution in [0.25, 0.3) is 16.7 Å². The highest BCUT2D eigenvalue weighted by Gasteiger charge is 2.36. The number of ether oxygens (including phenoxy) is 1. The van der Waals surface area contributed by atoms with E-state index in [-0.39, 0.29) is 40.8 Å². The van der Waals surface area contributed by atoms with Gasteiger partial charge in [0.1, 0.15) is 22.3 Å². The zero-order chi connectivity index (χ0) is 28.8. The minimum absolute atomic E-state index is 0.0176. The molecule has 3 aromatic heterocycles. The number of amides is 2. The van der Waals surface area contributed by atoms with Crippen LogP contribution in [-0.4, -0.2) is 73.3 Å². The first-order valence-electron chi connectivity index (χ1n) is 12.9. The Bertz CT molecular complexity index is 1620. The van der Waals surface area contributed by atoms with Gasteiger partial charge in [-0.25, -0.2) is 14.2 Å². The van der Waals surface area contributed by atoms with Crippen molar-refractivity contribution >= 4 is 46.3 Å². The molecule has 5 rings (SSSR count). The summed E-state index contributed by atoms with van der Waals surface area (Å²) in [7, 11) is 0. The van der Waals surface area contributed by atoms with Gasteiger partial charge in [0.05, 0.1) is 29.0 Å². The fourth-order valence-corrected chi connectivity index (χ4v) is 5.07. The molecule has 2 amide bonds. The fourth-order valence-electron chi connectivity index (χ4n) is 5.07. The van der Waals surface area contributed by atoms with Crippen LogP contribution in [0.2, 0.25) is 0 Å². The maximum absolute atomic E-state index is 14.6. The number of carbonyl (C=O) groups is 3. The second-order valence-electron chi connectivity index (χ2n) is 10.9. The van der Waals surface area contributed by atoms with Crippen LogP contribution >= 0.6 is 0 Å². The molecule has 12 heteroatoms. The third kappa shape index (κ3) is 5.16. The summed E-state index contributed by atoms with van der Waals surface area (Å²) in [5.41, 5.74) is 1.63. The average Bonchev–Trinajstić information content (AvgIpc) is 3.30. The van der Waals surface area contributed by atoms with Gasteiger partial charge >= 0.3 is 6.09 Å². The lowest BCUT2D eigenvalue weighted by atomic mass is 10.1. The summed E-state index contributed by atoms with van der Waals surface area (Å²) in [5.74, 6) is -1.18. The standard InChI is InChI=1S/C28H30FN7O4/c1-16-11-34(12-17(2)36(16)27(39)40-28(3,4)5)22-7-6-20(23-24(22)31-9-8-30-23)26(38)33-18-10-21(29)25-32-19(15-37)14-35(25)13-18/h6-10,13-17H,11-12H2,1-5H3,(H,33,38)/t16-,17+. The number of aldehydes is 1. The van der Waals surface area contributed by atoms with Gasteiger partial charge in [0.15, 0.2) is 17.8 Å². The van der Waals surface area contributed by atoms with E-state index in [1.54, 1.807) is 17.2 Å². The smallest absolute Gasteiger partial charge is 0.410 e. The minimum Gasteiger partial charge on any atom is -0.444 e. The molecule has 11 nitrogen and oxygen atoms in total. The molecule has 1 aliphatic heterocycles. The lowest BCUT2D eigenvalue weighted by molar-refractivity contribution is 0.00566. The van der Waals surface area contributed by atoms with Crippen molar-refractivity contribution in [2.24, 2.45) is 0 Å². The molecular formula is C28H30FN7O4. The van der Waals surface area contributed by atoms with Crippen molar-refractivity contribution < 1.29 is 23.5 Å². The zero-order valence-corrected chi connectivity index (χ0v) is 22.9. The molecule has 1 saturated heterocycles. The Balaban J connectivity index is 1.41. The van der Waals surface area contributed by atoms with Crippen LogP contribution in [-0.2, 0) is 4.74 Å². The summed E-state index contributed by atoms with van der Waals surface area (Å²) in [5, 5.41) is 2.71. The lowest BCUT2D eigenvalue weighted by Crippen LogP contribution is -2.59. The van der Waals surface area contributed by atoms with Gasteiger partial charge in [-0.2, -0.15) is 0 Å². The van der Waals surface area contributed by atoms with Gasteiger partial charge in [-0.3, -0.25) is 24.5 Å². The van der Waals surface area contributed by atoms with Gasteiger partial charge in [-0.15, -0.1) is 0 Å². The third-order valence-electron chi connectivity index (χ3n) is 6.62. The van der Waals surface area contributed by atoms with Gasteiger partial charge in [0.25, 0.3) is 5.91 Å². The number of carbonyl (C=O) groups excluding carboxylic acids is 3. The highest BCUT2D eigenvalue weighted by molar-refractivity contribution is 6.13. The van der Waals surface area contributed by atoms with E-state index in [4.69, 9.17) is 4.74 Å². The molecule has 0 radical (unpaired) electrons. The number of fused-ring (bicyclic) bond motifs is 2. The van der Waals surface area contributed by atoms with Crippen molar-refractivity contribution in [3.8, 4) is 0 Å². The fraction of sp³-hybridized carbons (Fsp3) is 0.357. The average molecular weight is 548 g/mol. The molecule has 4 heterocycles. The van der Waals surface area contributed by atoms with Crippen LogP contribution in [0.15, 0.2) is 43.0 Å². The molecule has 0 spiro atoms. The summed E-state index contributed by atoms with van der Waals surface area (Å²) in [6.45, 7) is 10.5. The molecule has 2 atom stereocenters. The van der Waals surface area contributed by atoms with Crippen LogP contribution in [0, 0.1) is 5.82 Å². The summed E-state index contributed by atoms with van der Waals surface area (Å²) in [6.07, 6.45) is 6.09. The van der Waals surface area contributed by atoms with Crippen LogP contribution < -0.4 is 10.2 Å². The summed E-state index contributed by atoms with van der Waals surface area (Å²) in [4.78, 5) is 53.9. The van der Waals surface area contributed by atoms with Gasteiger partial charge < -0.3 is 19.4 Å². The molecule has 1 aromatic carbocycles. The Hall–Kier alpha value is -4.61. The molecule has 208 valence electrons. The molecule has 1 fully saturated rings. The van der Waals surface area contributed by atoms with E-state index in [2.05, 4.69) is 25.2 Å². The van der Waals surface area contributed by atoms with Crippen LogP contribution in [0.1, 0.15) is 55.5 Å². The van der Waals surface area contributed by atoms with E-state index in [9.17, 15) is 18.8 Å². The maximum Gasteiger partial charge on any atom is 0.410 e. The van der Waals surface area contributed by atoms with E-state index in [1.165, 1.54) is 23.0 Å². The number of pyridine rings is 1. The number of anilines is 2. The van der Waals surface area contributed by atoms with Crippen molar-refractivity contribution in [3.63, 3.8) is 0 Å². The highest BCUT2D eigenvalue weighted by Crippen LogP contribution is 2.31. The number of rotatable bonds is 4. The lowest BCUT2D eigenvalue weighted by Gasteiger charge is -2.45. The maximum atomic E-state index is 14.6. The van der Waals surface area contributed by atoms with Gasteiger partial charge in [0.2, 0.25) is 0 Å². The largest absolute Gasteiger partial charge is 0.444 e. The number of benzene rings is 1. The Labute approximate surface area is 230 Å². The Morgan fingerprint density at radius 3 is 2.40 bits per heavy atom. The molecule has 4 aromatic rings. The number of halogens is 1. The molecule has 0 bridgehead atoms. The molecular weight excluding hydrogens is 517 g/mol. The second kappa shape index (κ2) is 10.2. The zero-order valence-electron chi connectivity index (χ0n) is 22.9. The Kier molecular flexibility index (Phi) is 6.86. The normalized spacial score (nSPS) is 17.8. The predicted molar refractivity (Wildman–Crippen MR) is 147 cm³/mol. The number of imidazole rings is 1. The number of hydrogen-bond acceptors (Lipinski definition) is 8. The topological polar surface area (TPSA) is 122 Å². The summed E-state index contributed by atoms with van der Waals surface area (Å²) < 4.78 is 21.5. The summed E-state index contributed by atoms with van der Waals surface area (Å²) >= 11 is 0. The van der Waals surface area contributed by atoms with Crippen molar-refractivity contribution in [1.82, 2.24) is 24.3 Å². The Morgan fingerprint density at radius 1 is 1.07 bits per heavy atom. The Morgan fingerprint density at radius 2 is 1.75 bits per heavy atom. The van der Waals surface area contributed by atoms with Gasteiger partial charge in [0, 0.05) is 43.9 Å². The number of nitrogens with one attached hydrogen (secondary N) is 1. The first-order valence-corrected chi connectivity index (χ1v) is 12.9. The number of hydrogen-bond donors (Lipinski definition) is 1. The first-order chi connectivity index (χ1) is 18.9. The first kappa shape index (κ1) is 27.0. The monoisotopic (exact) mass is 547 g/mol. The SMILES string of the molecule is C[C@@H]1CN(c2ccc(C(=O)Nc3cc(F)c4nc(C=O)cn4c3)c3nccnc23)C[C@H](C)N1C(=O)OC(C)(C)C. The van der Waals surface area contributed by atoms with Crippen LogP contribution in [0.4, 0.5) is 20.6 Å². The van der Waals surface area contributed by atoms with Crippen molar-refractivity contribution in [1.29, 1.82) is 0 Å². The van der Waals surface area contributed by atoms with E-state index < -0.39 is 17.3 Å². The number of aromatic nitrogens is 4. The van der Waals surface area contributed by atoms with Gasteiger partial charge in [-0.1, -0.05) is 0 Å². The molecule has 40 heavy (non-hydrogen) atoms. The van der Waals surface area contributed by atoms with Crippen molar-refractivity contribution in [3.05, 3.63) is 60.1 Å². The van der Waals surface area contributed by atoms with Gasteiger partial charge in [-0.05, 0) is 46.8 Å². The predicted octanol–water partition coefficient (Wildman–Crippen LogP) is 4.32. The van der Waals surface area contributed by atoms with Crippen molar-refractivity contribution in [2.45, 2.75) is 52.3 Å². The molecule has 0 saturated carbocycles. The quantitative estimate of drug-likeness (QED) is 0.375.